The number of nitrogens with zero attached hydrogens (tertiary/aromatic N) is 1. The van der Waals surface area contributed by atoms with E-state index < -0.39 is 5.97 Å². The van der Waals surface area contributed by atoms with Crippen molar-refractivity contribution in [3.8, 4) is 0 Å². The van der Waals surface area contributed by atoms with Crippen LogP contribution in [0.5, 0.6) is 0 Å². The van der Waals surface area contributed by atoms with Crippen LogP contribution in [0.15, 0.2) is 12.3 Å². The third kappa shape index (κ3) is 1.75. The Morgan fingerprint density at radius 3 is 2.92 bits per heavy atom. The van der Waals surface area contributed by atoms with Gasteiger partial charge in [0, 0.05) is 11.9 Å². The number of rotatable bonds is 2. The number of pyridine rings is 1. The highest BCUT2D eigenvalue weighted by Crippen LogP contribution is 2.15. The molecule has 0 aliphatic rings. The van der Waals surface area contributed by atoms with Gasteiger partial charge >= 0.3 is 5.97 Å². The smallest absolute Gasteiger partial charge is 0.360 e. The number of aryl methyl sites for hydroxylation is 1. The van der Waals surface area contributed by atoms with Gasteiger partial charge in [-0.05, 0) is 12.5 Å². The quantitative estimate of drug-likeness (QED) is 0.638. The predicted molar refractivity (Wildman–Crippen MR) is 47.6 cm³/mol. The van der Waals surface area contributed by atoms with Crippen molar-refractivity contribution < 1.29 is 9.63 Å². The Balaban J connectivity index is 3.22. The molecule has 1 rings (SSSR count). The molecule has 0 radical (unpaired) electrons. The fraction of sp³-hybridized carbons (Fsp3) is 0.250. The highest BCUT2D eigenvalue weighted by atomic mass is 16.7. The van der Waals surface area contributed by atoms with Crippen LogP contribution in [0.25, 0.3) is 0 Å². The average molecular weight is 181 g/mol. The van der Waals surface area contributed by atoms with Crippen LogP contribution in [0.3, 0.4) is 0 Å². The number of nitrogen functional groups attached to an aromatic ring is 1. The molecule has 1 heterocycles. The summed E-state index contributed by atoms with van der Waals surface area (Å²) in [4.78, 5) is 19.2. The van der Waals surface area contributed by atoms with Gasteiger partial charge in [0.2, 0.25) is 0 Å². The van der Waals surface area contributed by atoms with Crippen LogP contribution in [0, 0.1) is 0 Å². The molecule has 5 nitrogen and oxygen atoms in total. The minimum absolute atomic E-state index is 0.257. The van der Waals surface area contributed by atoms with Gasteiger partial charge in [-0.1, -0.05) is 6.92 Å². The van der Waals surface area contributed by atoms with Gasteiger partial charge in [0.05, 0.1) is 5.69 Å². The van der Waals surface area contributed by atoms with Gasteiger partial charge in [-0.15, -0.1) is 0 Å². The summed E-state index contributed by atoms with van der Waals surface area (Å²) in [5, 5.41) is 0. The summed E-state index contributed by atoms with van der Waals surface area (Å²) in [6, 6.07) is 1.53. The molecule has 13 heavy (non-hydrogen) atoms. The van der Waals surface area contributed by atoms with Gasteiger partial charge in [-0.25, -0.2) is 4.79 Å². The van der Waals surface area contributed by atoms with Crippen LogP contribution >= 0.6 is 0 Å². The van der Waals surface area contributed by atoms with Crippen molar-refractivity contribution in [2.75, 3.05) is 5.73 Å². The molecule has 0 amide bonds. The number of aromatic nitrogens is 1. The van der Waals surface area contributed by atoms with Crippen molar-refractivity contribution in [1.29, 1.82) is 0 Å². The first kappa shape index (κ1) is 9.47. The Morgan fingerprint density at radius 2 is 2.38 bits per heavy atom. The van der Waals surface area contributed by atoms with Crippen LogP contribution in [0.4, 0.5) is 5.69 Å². The Hall–Kier alpha value is -1.62. The summed E-state index contributed by atoms with van der Waals surface area (Å²) in [5.74, 6) is 4.11. The van der Waals surface area contributed by atoms with Crippen LogP contribution < -0.4 is 11.6 Å². The summed E-state index contributed by atoms with van der Waals surface area (Å²) < 4.78 is 0. The zero-order valence-electron chi connectivity index (χ0n) is 7.28. The van der Waals surface area contributed by atoms with Gasteiger partial charge in [-0.3, -0.25) is 4.98 Å². The Morgan fingerprint density at radius 1 is 1.69 bits per heavy atom. The lowest BCUT2D eigenvalue weighted by Crippen LogP contribution is -2.15. The van der Waals surface area contributed by atoms with E-state index in [1.807, 2.05) is 6.92 Å². The molecular weight excluding hydrogens is 170 g/mol. The zero-order valence-corrected chi connectivity index (χ0v) is 7.28. The highest BCUT2D eigenvalue weighted by Gasteiger charge is 2.15. The zero-order chi connectivity index (χ0) is 9.84. The second-order valence-electron chi connectivity index (χ2n) is 2.48. The fourth-order valence-electron chi connectivity index (χ4n) is 1.08. The first-order valence-corrected chi connectivity index (χ1v) is 3.85. The van der Waals surface area contributed by atoms with Crippen LogP contribution in [0.2, 0.25) is 0 Å². The fourth-order valence-corrected chi connectivity index (χ4v) is 1.08. The summed E-state index contributed by atoms with van der Waals surface area (Å²) in [5.41, 5.74) is 6.76. The van der Waals surface area contributed by atoms with E-state index >= 15 is 0 Å². The minimum atomic E-state index is -0.651. The lowest BCUT2D eigenvalue weighted by atomic mass is 10.1. The van der Waals surface area contributed by atoms with Crippen molar-refractivity contribution >= 4 is 11.7 Å². The third-order valence-corrected chi connectivity index (χ3v) is 1.71. The number of hydrogen-bond acceptors (Lipinski definition) is 5. The van der Waals surface area contributed by atoms with Gasteiger partial charge < -0.3 is 10.6 Å². The summed E-state index contributed by atoms with van der Waals surface area (Å²) in [6.45, 7) is 1.87. The van der Waals surface area contributed by atoms with E-state index in [1.54, 1.807) is 6.20 Å². The lowest BCUT2D eigenvalue weighted by Gasteiger charge is -2.06. The maximum absolute atomic E-state index is 11.1. The summed E-state index contributed by atoms with van der Waals surface area (Å²) in [6.07, 6.45) is 2.15. The van der Waals surface area contributed by atoms with Gasteiger partial charge in [0.1, 0.15) is 5.56 Å². The normalized spacial score (nSPS) is 9.69. The molecule has 0 atom stereocenters. The molecule has 0 saturated carbocycles. The van der Waals surface area contributed by atoms with Gasteiger partial charge in [0.15, 0.2) is 0 Å². The molecule has 0 aliphatic heterocycles. The van der Waals surface area contributed by atoms with Crippen LogP contribution in [-0.4, -0.2) is 11.0 Å². The van der Waals surface area contributed by atoms with Crippen molar-refractivity contribution in [1.82, 2.24) is 4.98 Å². The number of hydrogen-bond donors (Lipinski definition) is 2. The average Bonchev–Trinajstić information content (AvgIpc) is 2.16. The maximum Gasteiger partial charge on any atom is 0.360 e. The summed E-state index contributed by atoms with van der Waals surface area (Å²) in [7, 11) is 0. The highest BCUT2D eigenvalue weighted by molar-refractivity contribution is 5.95. The SMILES string of the molecule is CCc1nccc(N)c1C(=O)ON. The first-order chi connectivity index (χ1) is 6.20. The van der Waals surface area contributed by atoms with E-state index in [-0.39, 0.29) is 5.56 Å². The number of carbonyl (C=O) groups is 1. The van der Waals surface area contributed by atoms with Crippen molar-refractivity contribution in [3.05, 3.63) is 23.5 Å². The van der Waals surface area contributed by atoms with Crippen molar-refractivity contribution in [2.24, 2.45) is 5.90 Å². The Labute approximate surface area is 75.7 Å². The van der Waals surface area contributed by atoms with E-state index in [4.69, 9.17) is 11.6 Å². The molecule has 0 spiro atoms. The minimum Gasteiger partial charge on any atom is -0.398 e. The Kier molecular flexibility index (Phi) is 2.81. The molecule has 4 N–H and O–H groups in total. The van der Waals surface area contributed by atoms with E-state index in [9.17, 15) is 4.79 Å². The monoisotopic (exact) mass is 181 g/mol. The molecule has 5 heteroatoms. The van der Waals surface area contributed by atoms with E-state index in [0.717, 1.165) is 0 Å². The molecule has 1 aromatic heterocycles. The second-order valence-corrected chi connectivity index (χ2v) is 2.48. The summed E-state index contributed by atoms with van der Waals surface area (Å²) >= 11 is 0. The molecule has 0 bridgehead atoms. The Bertz CT molecular complexity index is 325. The van der Waals surface area contributed by atoms with E-state index in [1.165, 1.54) is 6.07 Å². The molecule has 0 unspecified atom stereocenters. The van der Waals surface area contributed by atoms with Gasteiger partial charge in [-0.2, -0.15) is 5.90 Å². The first-order valence-electron chi connectivity index (χ1n) is 3.85. The second kappa shape index (κ2) is 3.86. The maximum atomic E-state index is 11.1. The topological polar surface area (TPSA) is 91.2 Å². The van der Waals surface area contributed by atoms with Crippen molar-refractivity contribution in [2.45, 2.75) is 13.3 Å². The largest absolute Gasteiger partial charge is 0.398 e. The molecule has 1 aromatic rings. The van der Waals surface area contributed by atoms with E-state index in [0.29, 0.717) is 17.8 Å². The molecule has 0 saturated heterocycles. The molecule has 70 valence electrons. The van der Waals surface area contributed by atoms with E-state index in [2.05, 4.69) is 9.82 Å². The number of nitrogens with two attached hydrogens (primary N) is 2. The molecule has 0 aliphatic carbocycles. The van der Waals surface area contributed by atoms with Crippen LogP contribution in [0.1, 0.15) is 23.0 Å². The predicted octanol–water partition coefficient (Wildman–Crippen LogP) is 0.257. The molecular formula is C8H11N3O2. The number of carbonyl (C=O) groups excluding carboxylic acids is 1. The standard InChI is InChI=1S/C8H11N3O2/c1-2-6-7(8(12)13-10)5(9)3-4-11-6/h3-4H,2,10H2,1H3,(H2,9,11). The lowest BCUT2D eigenvalue weighted by molar-refractivity contribution is 0.0503. The molecule has 0 fully saturated rings. The third-order valence-electron chi connectivity index (χ3n) is 1.71. The molecule has 0 aromatic carbocycles. The van der Waals surface area contributed by atoms with Crippen molar-refractivity contribution in [3.63, 3.8) is 0 Å². The van der Waals surface area contributed by atoms with Gasteiger partial charge in [0.25, 0.3) is 0 Å². The van der Waals surface area contributed by atoms with Crippen LogP contribution in [-0.2, 0) is 11.3 Å². The number of anilines is 1.